The molecule has 23 heavy (non-hydrogen) atoms. The second-order valence-corrected chi connectivity index (χ2v) is 5.10. The fraction of sp³-hybridized carbons (Fsp3) is 0.800. The van der Waals surface area contributed by atoms with Crippen molar-refractivity contribution in [3.8, 4) is 0 Å². The molecule has 0 saturated heterocycles. The molecule has 0 heterocycles. The molecule has 0 fully saturated rings. The molecule has 0 aromatic carbocycles. The van der Waals surface area contributed by atoms with Crippen LogP contribution in [0, 0.1) is 5.92 Å². The number of rotatable bonds is 13. The number of methoxy groups -OCH3 is 1. The molecule has 2 amide bonds. The molecular formula is C15H28N2O6. The van der Waals surface area contributed by atoms with Crippen LogP contribution in [0.1, 0.15) is 26.7 Å². The van der Waals surface area contributed by atoms with Gasteiger partial charge in [-0.3, -0.25) is 14.4 Å². The number of carbonyl (C=O) groups excluding carboxylic acids is 3. The lowest BCUT2D eigenvalue weighted by Crippen LogP contribution is -2.31. The first-order chi connectivity index (χ1) is 11.0. The fourth-order valence-electron chi connectivity index (χ4n) is 1.44. The topological polar surface area (TPSA) is 103 Å². The minimum atomic E-state index is -0.405. The minimum Gasteiger partial charge on any atom is -0.469 e. The van der Waals surface area contributed by atoms with Crippen LogP contribution in [0.3, 0.4) is 0 Å². The van der Waals surface area contributed by atoms with E-state index >= 15 is 0 Å². The number of hydrogen-bond donors (Lipinski definition) is 2. The van der Waals surface area contributed by atoms with Crippen molar-refractivity contribution < 1.29 is 28.6 Å². The normalized spacial score (nSPS) is 10.4. The van der Waals surface area contributed by atoms with Crippen molar-refractivity contribution in [3.05, 3.63) is 0 Å². The van der Waals surface area contributed by atoms with Gasteiger partial charge in [0.15, 0.2) is 0 Å². The average molecular weight is 332 g/mol. The summed E-state index contributed by atoms with van der Waals surface area (Å²) in [4.78, 5) is 33.4. The number of carbonyl (C=O) groups is 3. The predicted octanol–water partition coefficient (Wildman–Crippen LogP) is -0.139. The first-order valence-electron chi connectivity index (χ1n) is 7.74. The molecular weight excluding hydrogens is 304 g/mol. The first kappa shape index (κ1) is 21.3. The van der Waals surface area contributed by atoms with Crippen LogP contribution in [-0.4, -0.2) is 64.4 Å². The van der Waals surface area contributed by atoms with E-state index in [1.54, 1.807) is 0 Å². The Kier molecular flexibility index (Phi) is 12.9. The molecule has 2 N–H and O–H groups in total. The molecule has 134 valence electrons. The average Bonchev–Trinajstić information content (AvgIpc) is 2.53. The van der Waals surface area contributed by atoms with Crippen molar-refractivity contribution in [2.45, 2.75) is 26.7 Å². The van der Waals surface area contributed by atoms with Gasteiger partial charge in [-0.2, -0.15) is 0 Å². The summed E-state index contributed by atoms with van der Waals surface area (Å²) in [6.07, 6.45) is 0.183. The lowest BCUT2D eigenvalue weighted by Gasteiger charge is -2.09. The number of nitrogens with one attached hydrogen (secondary N) is 2. The van der Waals surface area contributed by atoms with Gasteiger partial charge >= 0.3 is 5.97 Å². The van der Waals surface area contributed by atoms with Crippen LogP contribution in [0.2, 0.25) is 0 Å². The van der Waals surface area contributed by atoms with Crippen LogP contribution in [0.5, 0.6) is 0 Å². The maximum atomic E-state index is 11.3. The molecule has 0 radical (unpaired) electrons. The predicted molar refractivity (Wildman–Crippen MR) is 83.7 cm³/mol. The van der Waals surface area contributed by atoms with Crippen molar-refractivity contribution in [2.24, 2.45) is 5.92 Å². The molecule has 0 aliphatic carbocycles. The molecule has 0 unspecified atom stereocenters. The lowest BCUT2D eigenvalue weighted by molar-refractivity contribution is -0.142. The highest BCUT2D eigenvalue weighted by Gasteiger charge is 2.06. The van der Waals surface area contributed by atoms with E-state index in [4.69, 9.17) is 9.47 Å². The molecule has 0 aliphatic heterocycles. The zero-order valence-corrected chi connectivity index (χ0v) is 14.2. The Morgan fingerprint density at radius 2 is 1.43 bits per heavy atom. The van der Waals surface area contributed by atoms with Crippen LogP contribution >= 0.6 is 0 Å². The van der Waals surface area contributed by atoms with Gasteiger partial charge in [-0.1, -0.05) is 13.8 Å². The highest BCUT2D eigenvalue weighted by molar-refractivity contribution is 5.81. The summed E-state index contributed by atoms with van der Waals surface area (Å²) in [5, 5.41) is 5.38. The van der Waals surface area contributed by atoms with Crippen LogP contribution in [0.4, 0.5) is 0 Å². The van der Waals surface area contributed by atoms with Gasteiger partial charge in [0.05, 0.1) is 40.0 Å². The summed E-state index contributed by atoms with van der Waals surface area (Å²) in [7, 11) is 1.29. The zero-order valence-electron chi connectivity index (χ0n) is 14.2. The van der Waals surface area contributed by atoms with Gasteiger partial charge in [-0.05, 0) is 0 Å². The van der Waals surface area contributed by atoms with Crippen molar-refractivity contribution >= 4 is 17.8 Å². The van der Waals surface area contributed by atoms with Crippen LogP contribution in [0.15, 0.2) is 0 Å². The third-order valence-corrected chi connectivity index (χ3v) is 2.79. The molecule has 0 saturated carbocycles. The monoisotopic (exact) mass is 332 g/mol. The summed E-state index contributed by atoms with van der Waals surface area (Å²) < 4.78 is 15.0. The van der Waals surface area contributed by atoms with E-state index in [1.807, 2.05) is 13.8 Å². The van der Waals surface area contributed by atoms with E-state index in [0.717, 1.165) is 0 Å². The molecule has 0 aliphatic rings. The maximum Gasteiger partial charge on any atom is 0.306 e. The highest BCUT2D eigenvalue weighted by atomic mass is 16.5. The molecule has 0 spiro atoms. The van der Waals surface area contributed by atoms with Crippen molar-refractivity contribution in [1.82, 2.24) is 10.6 Å². The van der Waals surface area contributed by atoms with Gasteiger partial charge in [-0.15, -0.1) is 0 Å². The fourth-order valence-corrected chi connectivity index (χ4v) is 1.44. The largest absolute Gasteiger partial charge is 0.469 e. The summed E-state index contributed by atoms with van der Waals surface area (Å²) >= 11 is 0. The quantitative estimate of drug-likeness (QED) is 0.359. The van der Waals surface area contributed by atoms with Crippen molar-refractivity contribution in [1.29, 1.82) is 0 Å². The van der Waals surface area contributed by atoms with Crippen molar-refractivity contribution in [2.75, 3.05) is 46.6 Å². The zero-order chi connectivity index (χ0) is 17.5. The molecule has 8 nitrogen and oxygen atoms in total. The van der Waals surface area contributed by atoms with Crippen LogP contribution < -0.4 is 10.6 Å². The van der Waals surface area contributed by atoms with Gasteiger partial charge in [0.25, 0.3) is 0 Å². The van der Waals surface area contributed by atoms with E-state index in [9.17, 15) is 14.4 Å². The summed E-state index contributed by atoms with van der Waals surface area (Å²) in [6, 6.07) is 0. The molecule has 0 rings (SSSR count). The Morgan fingerprint density at radius 3 is 1.96 bits per heavy atom. The second kappa shape index (κ2) is 14.0. The lowest BCUT2D eigenvalue weighted by atomic mass is 10.2. The van der Waals surface area contributed by atoms with Gasteiger partial charge in [0, 0.05) is 25.4 Å². The number of esters is 1. The Bertz CT molecular complexity index is 360. The highest BCUT2D eigenvalue weighted by Crippen LogP contribution is 1.91. The molecule has 0 aromatic heterocycles. The van der Waals surface area contributed by atoms with Crippen molar-refractivity contribution in [3.63, 3.8) is 0 Å². The number of ether oxygens (including phenoxy) is 3. The third kappa shape index (κ3) is 13.7. The van der Waals surface area contributed by atoms with Gasteiger partial charge < -0.3 is 24.8 Å². The van der Waals surface area contributed by atoms with E-state index < -0.39 is 5.97 Å². The van der Waals surface area contributed by atoms with Gasteiger partial charge in [0.1, 0.15) is 0 Å². The molecule has 0 bridgehead atoms. The summed E-state index contributed by atoms with van der Waals surface area (Å²) in [5.74, 6) is -0.636. The second-order valence-electron chi connectivity index (χ2n) is 5.10. The van der Waals surface area contributed by atoms with E-state index in [0.29, 0.717) is 39.5 Å². The summed E-state index contributed by atoms with van der Waals surface area (Å²) in [5.41, 5.74) is 0. The molecule has 8 heteroatoms. The van der Waals surface area contributed by atoms with E-state index in [-0.39, 0.29) is 30.6 Å². The Balaban J connectivity index is 3.29. The van der Waals surface area contributed by atoms with Crippen LogP contribution in [0.25, 0.3) is 0 Å². The minimum absolute atomic E-state index is 0.00721. The van der Waals surface area contributed by atoms with Gasteiger partial charge in [0.2, 0.25) is 11.8 Å². The Labute approximate surface area is 137 Å². The standard InChI is InChI=1S/C15H28N2O6/c1-12(2)15(20)17-7-9-23-11-10-22-8-6-16-13(18)4-5-14(19)21-3/h12H,4-11H2,1-3H3,(H,16,18)(H,17,20). The molecule has 0 atom stereocenters. The summed E-state index contributed by atoms with van der Waals surface area (Å²) in [6.45, 7) is 6.17. The Hall–Kier alpha value is -1.67. The first-order valence-corrected chi connectivity index (χ1v) is 7.74. The third-order valence-electron chi connectivity index (χ3n) is 2.79. The number of amides is 2. The maximum absolute atomic E-state index is 11.3. The van der Waals surface area contributed by atoms with E-state index in [2.05, 4.69) is 15.4 Å². The number of hydrogen-bond acceptors (Lipinski definition) is 6. The Morgan fingerprint density at radius 1 is 0.870 bits per heavy atom. The SMILES string of the molecule is COC(=O)CCC(=O)NCCOCCOCCNC(=O)C(C)C. The smallest absolute Gasteiger partial charge is 0.306 e. The van der Waals surface area contributed by atoms with E-state index in [1.165, 1.54) is 7.11 Å². The molecule has 0 aromatic rings. The van der Waals surface area contributed by atoms with Crippen LogP contribution in [-0.2, 0) is 28.6 Å². The van der Waals surface area contributed by atoms with Gasteiger partial charge in [-0.25, -0.2) is 0 Å².